The second kappa shape index (κ2) is 5.81. The van der Waals surface area contributed by atoms with Crippen molar-refractivity contribution in [2.24, 2.45) is 5.73 Å². The van der Waals surface area contributed by atoms with Gasteiger partial charge < -0.3 is 10.8 Å². The Morgan fingerprint density at radius 1 is 1.32 bits per heavy atom. The van der Waals surface area contributed by atoms with Crippen LogP contribution in [-0.4, -0.2) is 42.8 Å². The number of amides is 1. The molecule has 1 rings (SSSR count). The average molecular weight is 286 g/mol. The lowest BCUT2D eigenvalue weighted by atomic mass is 10.2. The Morgan fingerprint density at radius 2 is 1.95 bits per heavy atom. The number of rotatable bonds is 6. The number of hydrogen-bond acceptors (Lipinski definition) is 4. The zero-order valence-corrected chi connectivity index (χ0v) is 11.1. The summed E-state index contributed by atoms with van der Waals surface area (Å²) in [5.41, 5.74) is 5.64. The molecule has 0 radical (unpaired) electrons. The van der Waals surface area contributed by atoms with Crippen LogP contribution in [0.5, 0.6) is 0 Å². The summed E-state index contributed by atoms with van der Waals surface area (Å²) < 4.78 is 25.0. The fourth-order valence-corrected chi connectivity index (χ4v) is 2.94. The second-order valence-corrected chi connectivity index (χ2v) is 5.89. The number of carbonyl (C=O) groups is 2. The summed E-state index contributed by atoms with van der Waals surface area (Å²) in [7, 11) is -4.06. The molecule has 0 aliphatic heterocycles. The van der Waals surface area contributed by atoms with Crippen LogP contribution in [0.4, 0.5) is 0 Å². The monoisotopic (exact) mass is 286 g/mol. The van der Waals surface area contributed by atoms with Gasteiger partial charge in [0.15, 0.2) is 0 Å². The van der Waals surface area contributed by atoms with Gasteiger partial charge in [-0.1, -0.05) is 12.1 Å². The molecule has 0 saturated heterocycles. The van der Waals surface area contributed by atoms with E-state index in [9.17, 15) is 18.0 Å². The van der Waals surface area contributed by atoms with E-state index in [0.29, 0.717) is 9.87 Å². The van der Waals surface area contributed by atoms with Gasteiger partial charge in [-0.3, -0.25) is 9.59 Å². The van der Waals surface area contributed by atoms with Gasteiger partial charge in [0, 0.05) is 0 Å². The van der Waals surface area contributed by atoms with E-state index < -0.39 is 35.0 Å². The minimum absolute atomic E-state index is 0.0741. The third kappa shape index (κ3) is 4.04. The topological polar surface area (TPSA) is 118 Å². The molecule has 104 valence electrons. The lowest BCUT2D eigenvalue weighted by Gasteiger charge is -2.18. The number of nitrogens with two attached hydrogens (primary N) is 1. The number of aliphatic carboxylic acids is 1. The molecule has 1 aromatic rings. The third-order valence-electron chi connectivity index (χ3n) is 2.27. The largest absolute Gasteiger partial charge is 0.480 e. The van der Waals surface area contributed by atoms with E-state index in [-0.39, 0.29) is 4.90 Å². The van der Waals surface area contributed by atoms with Crippen molar-refractivity contribution in [1.82, 2.24) is 4.31 Å². The SMILES string of the molecule is Cc1cccc(S(=O)(=O)N(CC(N)=O)CC(=O)O)c1. The van der Waals surface area contributed by atoms with Gasteiger partial charge in [0.2, 0.25) is 15.9 Å². The summed E-state index contributed by atoms with van der Waals surface area (Å²) in [4.78, 5) is 21.5. The molecule has 0 aromatic heterocycles. The zero-order chi connectivity index (χ0) is 14.6. The standard InChI is InChI=1S/C11H14N2O5S/c1-8-3-2-4-9(5-8)19(17,18)13(6-10(12)14)7-11(15)16/h2-5H,6-7H2,1H3,(H2,12,14)(H,15,16). The van der Waals surface area contributed by atoms with E-state index in [1.54, 1.807) is 13.0 Å². The number of sulfonamides is 1. The van der Waals surface area contributed by atoms with Gasteiger partial charge in [0.1, 0.15) is 6.54 Å². The van der Waals surface area contributed by atoms with Gasteiger partial charge in [0.25, 0.3) is 0 Å². The zero-order valence-electron chi connectivity index (χ0n) is 10.2. The first kappa shape index (κ1) is 15.1. The van der Waals surface area contributed by atoms with Crippen LogP contribution in [-0.2, 0) is 19.6 Å². The van der Waals surface area contributed by atoms with E-state index in [1.165, 1.54) is 18.2 Å². The van der Waals surface area contributed by atoms with Crippen molar-refractivity contribution in [3.63, 3.8) is 0 Å². The van der Waals surface area contributed by atoms with Gasteiger partial charge in [-0.15, -0.1) is 0 Å². The van der Waals surface area contributed by atoms with Crippen molar-refractivity contribution in [1.29, 1.82) is 0 Å². The summed E-state index contributed by atoms with van der Waals surface area (Å²) in [6, 6.07) is 5.96. The number of primary amides is 1. The molecular weight excluding hydrogens is 272 g/mol. The molecule has 1 amide bonds. The second-order valence-electron chi connectivity index (χ2n) is 3.95. The quantitative estimate of drug-likeness (QED) is 0.734. The lowest BCUT2D eigenvalue weighted by Crippen LogP contribution is -2.41. The van der Waals surface area contributed by atoms with Gasteiger partial charge in [-0.05, 0) is 24.6 Å². The normalized spacial score (nSPS) is 11.5. The fraction of sp³-hybridized carbons (Fsp3) is 0.273. The van der Waals surface area contributed by atoms with Crippen molar-refractivity contribution in [2.75, 3.05) is 13.1 Å². The highest BCUT2D eigenvalue weighted by Crippen LogP contribution is 2.16. The molecule has 7 nitrogen and oxygen atoms in total. The maximum absolute atomic E-state index is 12.2. The van der Waals surface area contributed by atoms with Crippen molar-refractivity contribution in [2.45, 2.75) is 11.8 Å². The molecule has 0 fully saturated rings. The maximum atomic E-state index is 12.2. The molecule has 1 aromatic carbocycles. The van der Waals surface area contributed by atoms with E-state index >= 15 is 0 Å². The van der Waals surface area contributed by atoms with Crippen LogP contribution in [0.3, 0.4) is 0 Å². The van der Waals surface area contributed by atoms with Gasteiger partial charge >= 0.3 is 5.97 Å². The molecule has 8 heteroatoms. The summed E-state index contributed by atoms with van der Waals surface area (Å²) in [5, 5.41) is 8.70. The molecule has 0 atom stereocenters. The summed E-state index contributed by atoms with van der Waals surface area (Å²) in [6.45, 7) is 0.205. The molecular formula is C11H14N2O5S. The van der Waals surface area contributed by atoms with Crippen molar-refractivity contribution in [3.05, 3.63) is 29.8 Å². The van der Waals surface area contributed by atoms with E-state index in [4.69, 9.17) is 10.8 Å². The van der Waals surface area contributed by atoms with Crippen LogP contribution in [0.1, 0.15) is 5.56 Å². The molecule has 0 saturated carbocycles. The molecule has 0 bridgehead atoms. The first-order chi connectivity index (χ1) is 8.73. The summed E-state index contributed by atoms with van der Waals surface area (Å²) in [6.07, 6.45) is 0. The molecule has 0 spiro atoms. The van der Waals surface area contributed by atoms with Crippen molar-refractivity contribution < 1.29 is 23.1 Å². The molecule has 0 aliphatic rings. The number of benzene rings is 1. The summed E-state index contributed by atoms with van der Waals surface area (Å²) >= 11 is 0. The smallest absolute Gasteiger partial charge is 0.318 e. The highest BCUT2D eigenvalue weighted by molar-refractivity contribution is 7.89. The minimum atomic E-state index is -4.06. The van der Waals surface area contributed by atoms with Crippen LogP contribution in [0.15, 0.2) is 29.2 Å². The van der Waals surface area contributed by atoms with Crippen molar-refractivity contribution in [3.8, 4) is 0 Å². The Balaban J connectivity index is 3.18. The van der Waals surface area contributed by atoms with E-state index in [0.717, 1.165) is 0 Å². The Kier molecular flexibility index (Phi) is 4.62. The van der Waals surface area contributed by atoms with Crippen LogP contribution >= 0.6 is 0 Å². The van der Waals surface area contributed by atoms with E-state index in [2.05, 4.69) is 0 Å². The average Bonchev–Trinajstić information content (AvgIpc) is 2.26. The van der Waals surface area contributed by atoms with Gasteiger partial charge in [0.05, 0.1) is 11.4 Å². The van der Waals surface area contributed by atoms with Gasteiger partial charge in [-0.25, -0.2) is 8.42 Å². The van der Waals surface area contributed by atoms with Gasteiger partial charge in [-0.2, -0.15) is 4.31 Å². The van der Waals surface area contributed by atoms with Crippen LogP contribution in [0, 0.1) is 6.92 Å². The molecule has 0 heterocycles. The molecule has 3 N–H and O–H groups in total. The molecule has 0 unspecified atom stereocenters. The first-order valence-electron chi connectivity index (χ1n) is 5.30. The van der Waals surface area contributed by atoms with Crippen LogP contribution in [0.25, 0.3) is 0 Å². The number of nitrogens with zero attached hydrogens (tertiary/aromatic N) is 1. The summed E-state index contributed by atoms with van der Waals surface area (Å²) in [5.74, 6) is -2.28. The fourth-order valence-electron chi connectivity index (χ4n) is 1.48. The number of carboxylic acids is 1. The van der Waals surface area contributed by atoms with Crippen LogP contribution in [0.2, 0.25) is 0 Å². The molecule has 0 aliphatic carbocycles. The minimum Gasteiger partial charge on any atom is -0.480 e. The van der Waals surface area contributed by atoms with Crippen LogP contribution < -0.4 is 5.73 Å². The lowest BCUT2D eigenvalue weighted by molar-refractivity contribution is -0.137. The Labute approximate surface area is 110 Å². The van der Waals surface area contributed by atoms with Crippen molar-refractivity contribution >= 4 is 21.9 Å². The Morgan fingerprint density at radius 3 is 2.42 bits per heavy atom. The predicted molar refractivity (Wildman–Crippen MR) is 66.8 cm³/mol. The first-order valence-corrected chi connectivity index (χ1v) is 6.74. The third-order valence-corrected chi connectivity index (χ3v) is 4.06. The number of carbonyl (C=O) groups excluding carboxylic acids is 1. The van der Waals surface area contributed by atoms with E-state index in [1.807, 2.05) is 0 Å². The molecule has 19 heavy (non-hydrogen) atoms. The highest BCUT2D eigenvalue weighted by Gasteiger charge is 2.27. The number of hydrogen-bond donors (Lipinski definition) is 2. The predicted octanol–water partition coefficient (Wildman–Crippen LogP) is -0.444. The number of carboxylic acid groups (broad SMARTS) is 1. The maximum Gasteiger partial charge on any atom is 0.318 e. The Hall–Kier alpha value is -1.93. The highest BCUT2D eigenvalue weighted by atomic mass is 32.2. The Bertz CT molecular complexity index is 581. The number of aryl methyl sites for hydroxylation is 1.